The Balaban J connectivity index is 1.50. The summed E-state index contributed by atoms with van der Waals surface area (Å²) in [5.74, 6) is -0.318. The van der Waals surface area contributed by atoms with Gasteiger partial charge in [-0.05, 0) is 75.2 Å². The smallest absolute Gasteiger partial charge is 0.248 e. The predicted octanol–water partition coefficient (Wildman–Crippen LogP) is 5.00. The molecule has 1 fully saturated rings. The first-order chi connectivity index (χ1) is 18.1. The SMILES string of the molecule is Cc1ccc(NC(=O)C(c2ccc(/C=C/C(=O)Nc3ccccc3N)cc2)N2CCC(C(C)(C)O)C2)cc1. The van der Waals surface area contributed by atoms with Crippen LogP contribution >= 0.6 is 0 Å². The molecular weight excluding hydrogens is 476 g/mol. The van der Waals surface area contributed by atoms with E-state index in [0.717, 1.165) is 28.8 Å². The van der Waals surface area contributed by atoms with E-state index in [4.69, 9.17) is 5.73 Å². The van der Waals surface area contributed by atoms with E-state index in [0.29, 0.717) is 24.5 Å². The summed E-state index contributed by atoms with van der Waals surface area (Å²) in [4.78, 5) is 28.0. The number of rotatable bonds is 8. The molecule has 1 saturated heterocycles. The van der Waals surface area contributed by atoms with Gasteiger partial charge in [-0.1, -0.05) is 54.1 Å². The van der Waals surface area contributed by atoms with E-state index in [-0.39, 0.29) is 17.7 Å². The minimum absolute atomic E-state index is 0.0801. The number of anilines is 3. The van der Waals surface area contributed by atoms with Crippen molar-refractivity contribution in [3.8, 4) is 0 Å². The molecule has 0 aromatic heterocycles. The van der Waals surface area contributed by atoms with Crippen LogP contribution in [-0.4, -0.2) is 40.5 Å². The van der Waals surface area contributed by atoms with Gasteiger partial charge in [0.05, 0.1) is 17.0 Å². The number of aliphatic hydroxyl groups is 1. The van der Waals surface area contributed by atoms with Gasteiger partial charge in [-0.15, -0.1) is 0 Å². The maximum Gasteiger partial charge on any atom is 0.248 e. The molecule has 38 heavy (non-hydrogen) atoms. The van der Waals surface area contributed by atoms with Gasteiger partial charge in [0, 0.05) is 24.2 Å². The van der Waals surface area contributed by atoms with E-state index >= 15 is 0 Å². The summed E-state index contributed by atoms with van der Waals surface area (Å²) in [6.45, 7) is 7.00. The summed E-state index contributed by atoms with van der Waals surface area (Å²) in [5.41, 5.74) is 9.70. The summed E-state index contributed by atoms with van der Waals surface area (Å²) in [5, 5.41) is 16.4. The molecule has 2 amide bonds. The molecule has 0 bridgehead atoms. The van der Waals surface area contributed by atoms with Crippen LogP contribution in [0, 0.1) is 12.8 Å². The van der Waals surface area contributed by atoms with Crippen molar-refractivity contribution in [1.82, 2.24) is 4.90 Å². The van der Waals surface area contributed by atoms with Crippen LogP contribution in [0.1, 0.15) is 43.0 Å². The number of aryl methyl sites for hydroxylation is 1. The second kappa shape index (κ2) is 11.6. The highest BCUT2D eigenvalue weighted by Crippen LogP contribution is 2.34. The third kappa shape index (κ3) is 6.88. The lowest BCUT2D eigenvalue weighted by Gasteiger charge is -2.30. The third-order valence-corrected chi connectivity index (χ3v) is 7.05. The van der Waals surface area contributed by atoms with Crippen molar-refractivity contribution in [2.24, 2.45) is 5.92 Å². The zero-order chi connectivity index (χ0) is 27.3. The molecular formula is C31H36N4O3. The van der Waals surface area contributed by atoms with Gasteiger partial charge in [-0.2, -0.15) is 0 Å². The van der Waals surface area contributed by atoms with Crippen LogP contribution in [0.3, 0.4) is 0 Å². The highest BCUT2D eigenvalue weighted by molar-refractivity contribution is 6.03. The first kappa shape index (κ1) is 27.1. The van der Waals surface area contributed by atoms with Gasteiger partial charge in [-0.3, -0.25) is 14.5 Å². The molecule has 1 heterocycles. The van der Waals surface area contributed by atoms with Crippen molar-refractivity contribution in [2.45, 2.75) is 38.8 Å². The molecule has 198 valence electrons. The minimum Gasteiger partial charge on any atom is -0.397 e. The number of amides is 2. The third-order valence-electron chi connectivity index (χ3n) is 7.05. The Morgan fingerprint density at radius 1 is 1.03 bits per heavy atom. The van der Waals surface area contributed by atoms with Crippen molar-refractivity contribution in [3.63, 3.8) is 0 Å². The first-order valence-electron chi connectivity index (χ1n) is 12.9. The van der Waals surface area contributed by atoms with Crippen LogP contribution in [0.5, 0.6) is 0 Å². The van der Waals surface area contributed by atoms with Crippen molar-refractivity contribution in [1.29, 1.82) is 0 Å². The Labute approximate surface area is 224 Å². The van der Waals surface area contributed by atoms with Gasteiger partial charge in [0.25, 0.3) is 0 Å². The molecule has 0 aliphatic carbocycles. The molecule has 3 aromatic carbocycles. The van der Waals surface area contributed by atoms with Gasteiger partial charge in [0.2, 0.25) is 11.8 Å². The molecule has 0 radical (unpaired) electrons. The summed E-state index contributed by atoms with van der Waals surface area (Å²) >= 11 is 0. The molecule has 4 rings (SSSR count). The van der Waals surface area contributed by atoms with Gasteiger partial charge in [0.15, 0.2) is 0 Å². The fourth-order valence-corrected chi connectivity index (χ4v) is 4.72. The molecule has 3 aromatic rings. The van der Waals surface area contributed by atoms with Crippen molar-refractivity contribution in [3.05, 3.63) is 95.6 Å². The second-order valence-corrected chi connectivity index (χ2v) is 10.5. The topological polar surface area (TPSA) is 108 Å². The van der Waals surface area contributed by atoms with Crippen molar-refractivity contribution < 1.29 is 14.7 Å². The molecule has 5 N–H and O–H groups in total. The van der Waals surface area contributed by atoms with E-state index < -0.39 is 11.6 Å². The summed E-state index contributed by atoms with van der Waals surface area (Å²) < 4.78 is 0. The summed E-state index contributed by atoms with van der Waals surface area (Å²) in [6.07, 6.45) is 4.00. The number of nitrogens with two attached hydrogens (primary N) is 1. The highest BCUT2D eigenvalue weighted by atomic mass is 16.3. The molecule has 7 heteroatoms. The fourth-order valence-electron chi connectivity index (χ4n) is 4.72. The monoisotopic (exact) mass is 512 g/mol. The Hall–Kier alpha value is -3.94. The second-order valence-electron chi connectivity index (χ2n) is 10.5. The first-order valence-corrected chi connectivity index (χ1v) is 12.9. The number of carbonyl (C=O) groups is 2. The average Bonchev–Trinajstić information content (AvgIpc) is 3.37. The Kier molecular flexibility index (Phi) is 8.29. The normalized spacial score (nSPS) is 16.9. The fraction of sp³-hybridized carbons (Fsp3) is 0.290. The number of hydrogen-bond donors (Lipinski definition) is 4. The molecule has 0 spiro atoms. The number of likely N-dealkylation sites (tertiary alicyclic amines) is 1. The lowest BCUT2D eigenvalue weighted by molar-refractivity contribution is -0.121. The zero-order valence-corrected chi connectivity index (χ0v) is 22.1. The van der Waals surface area contributed by atoms with Gasteiger partial charge in [-0.25, -0.2) is 0 Å². The van der Waals surface area contributed by atoms with Gasteiger partial charge >= 0.3 is 0 Å². The zero-order valence-electron chi connectivity index (χ0n) is 22.1. The summed E-state index contributed by atoms with van der Waals surface area (Å²) in [7, 11) is 0. The van der Waals surface area contributed by atoms with E-state index in [1.165, 1.54) is 6.08 Å². The van der Waals surface area contributed by atoms with Crippen LogP contribution in [0.15, 0.2) is 78.9 Å². The number of para-hydroxylation sites is 2. The predicted molar refractivity (Wildman–Crippen MR) is 153 cm³/mol. The number of hydrogen-bond acceptors (Lipinski definition) is 5. The van der Waals surface area contributed by atoms with Crippen LogP contribution in [0.25, 0.3) is 6.08 Å². The van der Waals surface area contributed by atoms with Gasteiger partial charge < -0.3 is 21.5 Å². The molecule has 0 saturated carbocycles. The van der Waals surface area contributed by atoms with Crippen LogP contribution in [0.4, 0.5) is 17.1 Å². The average molecular weight is 513 g/mol. The molecule has 7 nitrogen and oxygen atoms in total. The largest absolute Gasteiger partial charge is 0.397 e. The molecule has 1 aliphatic rings. The Bertz CT molecular complexity index is 1290. The number of benzene rings is 3. The molecule has 2 atom stereocenters. The van der Waals surface area contributed by atoms with Crippen molar-refractivity contribution in [2.75, 3.05) is 29.5 Å². The van der Waals surface area contributed by atoms with E-state index in [1.54, 1.807) is 18.2 Å². The number of nitrogens with one attached hydrogen (secondary N) is 2. The molecule has 1 aliphatic heterocycles. The van der Waals surface area contributed by atoms with E-state index in [2.05, 4.69) is 15.5 Å². The molecule has 2 unspecified atom stereocenters. The van der Waals surface area contributed by atoms with Crippen LogP contribution < -0.4 is 16.4 Å². The minimum atomic E-state index is -0.813. The number of carbonyl (C=O) groups excluding carboxylic acids is 2. The standard InChI is InChI=1S/C31H36N4O3/c1-21-8-15-25(16-9-21)33-30(37)29(35-19-18-24(20-35)31(2,3)38)23-13-10-22(11-14-23)12-17-28(36)34-27-7-5-4-6-26(27)32/h4-17,24,29,38H,18-20,32H2,1-3H3,(H,33,37)(H,34,36)/b17-12+. The van der Waals surface area contributed by atoms with E-state index in [9.17, 15) is 14.7 Å². The quantitative estimate of drug-likeness (QED) is 0.251. The highest BCUT2D eigenvalue weighted by Gasteiger charge is 2.39. The lowest BCUT2D eigenvalue weighted by Crippen LogP contribution is -2.38. The number of nitrogen functional groups attached to an aromatic ring is 1. The maximum absolute atomic E-state index is 13.6. The van der Waals surface area contributed by atoms with Crippen LogP contribution in [-0.2, 0) is 9.59 Å². The van der Waals surface area contributed by atoms with Crippen molar-refractivity contribution >= 4 is 35.0 Å². The van der Waals surface area contributed by atoms with E-state index in [1.807, 2.05) is 81.4 Å². The Morgan fingerprint density at radius 3 is 2.34 bits per heavy atom. The maximum atomic E-state index is 13.6. The summed E-state index contributed by atoms with van der Waals surface area (Å²) in [6, 6.07) is 21.9. The van der Waals surface area contributed by atoms with Crippen LogP contribution in [0.2, 0.25) is 0 Å². The number of nitrogens with zero attached hydrogens (tertiary/aromatic N) is 1. The lowest BCUT2D eigenvalue weighted by atomic mass is 9.90. The van der Waals surface area contributed by atoms with Gasteiger partial charge in [0.1, 0.15) is 6.04 Å². The Morgan fingerprint density at radius 2 is 1.71 bits per heavy atom.